The highest BCUT2D eigenvalue weighted by molar-refractivity contribution is 6.33. The number of hydrogen-bond donors (Lipinski definition) is 1. The lowest BCUT2D eigenvalue weighted by Crippen LogP contribution is -2.28. The van der Waals surface area contributed by atoms with Gasteiger partial charge >= 0.3 is 6.18 Å². The van der Waals surface area contributed by atoms with Gasteiger partial charge in [-0.1, -0.05) is 11.6 Å². The normalized spacial score (nSPS) is 12.1. The Hall–Kier alpha value is -1.80. The van der Waals surface area contributed by atoms with Crippen molar-refractivity contribution in [3.05, 3.63) is 34.7 Å². The van der Waals surface area contributed by atoms with Crippen molar-refractivity contribution in [1.82, 2.24) is 19.6 Å². The van der Waals surface area contributed by atoms with E-state index in [1.807, 2.05) is 19.0 Å². The maximum Gasteiger partial charge on any atom is 0.417 e. The topological polar surface area (TPSA) is 49.6 Å². The van der Waals surface area contributed by atoms with Crippen LogP contribution in [-0.4, -0.2) is 47.4 Å². The SMILES string of the molecule is CN(C)CCCNC(=O)Cc1cn2cc(C(F)(F)F)cc(Cl)c2n1. The van der Waals surface area contributed by atoms with E-state index in [1.54, 1.807) is 0 Å². The Balaban J connectivity index is 2.05. The number of imidazole rings is 1. The van der Waals surface area contributed by atoms with E-state index < -0.39 is 11.7 Å². The van der Waals surface area contributed by atoms with Gasteiger partial charge in [0.25, 0.3) is 0 Å². The number of alkyl halides is 3. The summed E-state index contributed by atoms with van der Waals surface area (Å²) in [6.07, 6.45) is -1.40. The Kier molecular flexibility index (Phi) is 5.71. The number of carbonyl (C=O) groups excluding carboxylic acids is 1. The molecule has 2 heterocycles. The second kappa shape index (κ2) is 7.40. The largest absolute Gasteiger partial charge is 0.417 e. The molecule has 0 aromatic carbocycles. The Labute approximate surface area is 142 Å². The number of rotatable bonds is 6. The highest BCUT2D eigenvalue weighted by Crippen LogP contribution is 2.32. The van der Waals surface area contributed by atoms with Gasteiger partial charge in [-0.2, -0.15) is 13.2 Å². The molecule has 1 amide bonds. The Morgan fingerprint density at radius 2 is 2.08 bits per heavy atom. The zero-order valence-electron chi connectivity index (χ0n) is 13.3. The van der Waals surface area contributed by atoms with Crippen LogP contribution in [0.1, 0.15) is 17.7 Å². The molecule has 2 aromatic rings. The summed E-state index contributed by atoms with van der Waals surface area (Å²) in [7, 11) is 3.88. The van der Waals surface area contributed by atoms with Gasteiger partial charge < -0.3 is 14.6 Å². The van der Waals surface area contributed by atoms with E-state index in [0.717, 1.165) is 25.2 Å². The van der Waals surface area contributed by atoms with Crippen molar-refractivity contribution in [2.75, 3.05) is 27.2 Å². The van der Waals surface area contributed by atoms with Crippen LogP contribution < -0.4 is 5.32 Å². The average molecular weight is 363 g/mol. The lowest BCUT2D eigenvalue weighted by atomic mass is 10.3. The molecular weight excluding hydrogens is 345 g/mol. The minimum absolute atomic E-state index is 0.0126. The predicted molar refractivity (Wildman–Crippen MR) is 85.1 cm³/mol. The zero-order valence-corrected chi connectivity index (χ0v) is 14.1. The van der Waals surface area contributed by atoms with Crippen molar-refractivity contribution in [1.29, 1.82) is 0 Å². The van der Waals surface area contributed by atoms with Gasteiger partial charge in [0.2, 0.25) is 5.91 Å². The van der Waals surface area contributed by atoms with Crippen LogP contribution in [0, 0.1) is 0 Å². The molecular formula is C15H18ClF3N4O. The molecule has 2 aromatic heterocycles. The van der Waals surface area contributed by atoms with Gasteiger partial charge in [0.1, 0.15) is 0 Å². The molecule has 0 atom stereocenters. The van der Waals surface area contributed by atoms with Crippen molar-refractivity contribution in [2.24, 2.45) is 0 Å². The molecule has 1 N–H and O–H groups in total. The van der Waals surface area contributed by atoms with Crippen LogP contribution in [0.3, 0.4) is 0 Å². The van der Waals surface area contributed by atoms with Crippen molar-refractivity contribution in [2.45, 2.75) is 19.0 Å². The van der Waals surface area contributed by atoms with Crippen LogP contribution in [0.15, 0.2) is 18.5 Å². The summed E-state index contributed by atoms with van der Waals surface area (Å²) < 4.78 is 39.5. The fourth-order valence-electron chi connectivity index (χ4n) is 2.20. The first-order valence-corrected chi connectivity index (χ1v) is 7.70. The van der Waals surface area contributed by atoms with Crippen molar-refractivity contribution in [3.8, 4) is 0 Å². The van der Waals surface area contributed by atoms with Gasteiger partial charge in [-0.3, -0.25) is 4.79 Å². The Morgan fingerprint density at radius 1 is 1.38 bits per heavy atom. The molecule has 0 bridgehead atoms. The first-order chi connectivity index (χ1) is 11.2. The third-order valence-corrected chi connectivity index (χ3v) is 3.61. The summed E-state index contributed by atoms with van der Waals surface area (Å²) in [6.45, 7) is 1.38. The number of nitrogens with zero attached hydrogens (tertiary/aromatic N) is 3. The number of fused-ring (bicyclic) bond motifs is 1. The maximum absolute atomic E-state index is 12.8. The molecule has 2 rings (SSSR count). The van der Waals surface area contributed by atoms with E-state index in [-0.39, 0.29) is 23.0 Å². The Bertz CT molecular complexity index is 727. The van der Waals surface area contributed by atoms with Gasteiger partial charge in [0.15, 0.2) is 5.65 Å². The fraction of sp³-hybridized carbons (Fsp3) is 0.467. The number of amides is 1. The highest BCUT2D eigenvalue weighted by atomic mass is 35.5. The summed E-state index contributed by atoms with van der Waals surface area (Å²) in [5.74, 6) is -0.232. The van der Waals surface area contributed by atoms with E-state index >= 15 is 0 Å². The third-order valence-electron chi connectivity index (χ3n) is 3.33. The van der Waals surface area contributed by atoms with E-state index in [4.69, 9.17) is 11.6 Å². The summed E-state index contributed by atoms with van der Waals surface area (Å²) in [6, 6.07) is 0.828. The number of nitrogens with one attached hydrogen (secondary N) is 1. The molecule has 0 aliphatic heterocycles. The average Bonchev–Trinajstić information content (AvgIpc) is 2.85. The number of aromatic nitrogens is 2. The molecule has 0 aliphatic rings. The van der Waals surface area contributed by atoms with Gasteiger partial charge in [0, 0.05) is 18.9 Å². The van der Waals surface area contributed by atoms with Crippen molar-refractivity contribution >= 4 is 23.2 Å². The zero-order chi connectivity index (χ0) is 17.9. The van der Waals surface area contributed by atoms with Crippen LogP contribution in [0.4, 0.5) is 13.2 Å². The molecule has 24 heavy (non-hydrogen) atoms. The van der Waals surface area contributed by atoms with Crippen LogP contribution in [0.2, 0.25) is 5.02 Å². The van der Waals surface area contributed by atoms with Crippen LogP contribution in [-0.2, 0) is 17.4 Å². The minimum Gasteiger partial charge on any atom is -0.356 e. The number of halogens is 4. The van der Waals surface area contributed by atoms with E-state index in [0.29, 0.717) is 12.2 Å². The summed E-state index contributed by atoms with van der Waals surface area (Å²) >= 11 is 5.86. The smallest absolute Gasteiger partial charge is 0.356 e. The number of carbonyl (C=O) groups is 1. The van der Waals surface area contributed by atoms with E-state index in [9.17, 15) is 18.0 Å². The van der Waals surface area contributed by atoms with Crippen LogP contribution in [0.5, 0.6) is 0 Å². The second-order valence-corrected chi connectivity index (χ2v) is 6.13. The van der Waals surface area contributed by atoms with E-state index in [2.05, 4.69) is 10.3 Å². The molecule has 0 saturated heterocycles. The second-order valence-electron chi connectivity index (χ2n) is 5.72. The summed E-state index contributed by atoms with van der Waals surface area (Å²) in [5.41, 5.74) is -0.307. The molecule has 0 spiro atoms. The van der Waals surface area contributed by atoms with Gasteiger partial charge in [-0.15, -0.1) is 0 Å². The fourth-order valence-corrected chi connectivity index (χ4v) is 2.46. The van der Waals surface area contributed by atoms with E-state index in [1.165, 1.54) is 10.6 Å². The van der Waals surface area contributed by atoms with Crippen LogP contribution >= 0.6 is 11.6 Å². The predicted octanol–water partition coefficient (Wildman–Crippen LogP) is 2.62. The number of hydrogen-bond acceptors (Lipinski definition) is 3. The molecule has 5 nitrogen and oxygen atoms in total. The lowest BCUT2D eigenvalue weighted by molar-refractivity contribution is -0.137. The lowest BCUT2D eigenvalue weighted by Gasteiger charge is -2.09. The van der Waals surface area contributed by atoms with Gasteiger partial charge in [-0.05, 0) is 33.1 Å². The van der Waals surface area contributed by atoms with Gasteiger partial charge in [-0.25, -0.2) is 4.98 Å². The highest BCUT2D eigenvalue weighted by Gasteiger charge is 2.31. The van der Waals surface area contributed by atoms with Crippen molar-refractivity contribution < 1.29 is 18.0 Å². The molecule has 132 valence electrons. The number of pyridine rings is 1. The van der Waals surface area contributed by atoms with Crippen molar-refractivity contribution in [3.63, 3.8) is 0 Å². The quantitative estimate of drug-likeness (QED) is 0.804. The Morgan fingerprint density at radius 3 is 2.71 bits per heavy atom. The first kappa shape index (κ1) is 18.5. The monoisotopic (exact) mass is 362 g/mol. The van der Waals surface area contributed by atoms with Gasteiger partial charge in [0.05, 0.1) is 22.7 Å². The van der Waals surface area contributed by atoms with Crippen LogP contribution in [0.25, 0.3) is 5.65 Å². The third kappa shape index (κ3) is 4.85. The molecule has 0 aliphatic carbocycles. The first-order valence-electron chi connectivity index (χ1n) is 7.32. The molecule has 0 unspecified atom stereocenters. The summed E-state index contributed by atoms with van der Waals surface area (Å²) in [4.78, 5) is 18.0. The minimum atomic E-state index is -4.49. The molecule has 0 radical (unpaired) electrons. The summed E-state index contributed by atoms with van der Waals surface area (Å²) in [5, 5.41) is 2.64. The molecule has 0 saturated carbocycles. The molecule has 0 fully saturated rings. The maximum atomic E-state index is 12.8. The standard InChI is InChI=1S/C15H18ClF3N4O/c1-22(2)5-3-4-20-13(24)7-11-9-23-8-10(15(17,18)19)6-12(16)14(23)21-11/h6,8-9H,3-5,7H2,1-2H3,(H,20,24). The molecule has 9 heteroatoms.